The lowest BCUT2D eigenvalue weighted by atomic mass is 10.0. The van der Waals surface area contributed by atoms with Crippen molar-refractivity contribution in [2.24, 2.45) is 5.73 Å². The smallest absolute Gasteiger partial charge is 0.0659 e. The fourth-order valence-electron chi connectivity index (χ4n) is 2.90. The number of hydrogen-bond donors (Lipinski definition) is 1. The first-order chi connectivity index (χ1) is 9.79. The van der Waals surface area contributed by atoms with Crippen LogP contribution in [-0.2, 0) is 13.1 Å². The Morgan fingerprint density at radius 3 is 2.80 bits per heavy atom. The zero-order chi connectivity index (χ0) is 13.8. The molecular formula is C16H22N4. The average Bonchev–Trinajstić information content (AvgIpc) is 2.92. The molecule has 106 valence electrons. The van der Waals surface area contributed by atoms with Gasteiger partial charge in [0.15, 0.2) is 0 Å². The van der Waals surface area contributed by atoms with Crippen molar-refractivity contribution < 1.29 is 0 Å². The number of rotatable bonds is 4. The lowest BCUT2D eigenvalue weighted by molar-refractivity contribution is 0.201. The molecule has 1 aliphatic heterocycles. The second kappa shape index (κ2) is 6.20. The van der Waals surface area contributed by atoms with Crippen LogP contribution in [0.2, 0.25) is 0 Å². The summed E-state index contributed by atoms with van der Waals surface area (Å²) in [5, 5.41) is 4.26. The number of nitrogens with two attached hydrogens (primary N) is 1. The highest BCUT2D eigenvalue weighted by atomic mass is 15.3. The van der Waals surface area contributed by atoms with Gasteiger partial charge in [0.2, 0.25) is 0 Å². The van der Waals surface area contributed by atoms with Gasteiger partial charge in [-0.3, -0.25) is 9.58 Å². The van der Waals surface area contributed by atoms with E-state index in [4.69, 9.17) is 5.73 Å². The first-order valence-corrected chi connectivity index (χ1v) is 7.33. The van der Waals surface area contributed by atoms with Crippen LogP contribution < -0.4 is 5.73 Å². The van der Waals surface area contributed by atoms with E-state index in [1.165, 1.54) is 17.5 Å². The molecule has 0 amide bonds. The Labute approximate surface area is 120 Å². The second-order valence-corrected chi connectivity index (χ2v) is 5.66. The van der Waals surface area contributed by atoms with Crippen LogP contribution in [-0.4, -0.2) is 33.8 Å². The minimum Gasteiger partial charge on any atom is -0.327 e. The van der Waals surface area contributed by atoms with Crippen molar-refractivity contribution >= 4 is 0 Å². The number of piperidine rings is 1. The Bertz CT molecular complexity index is 535. The molecule has 4 nitrogen and oxygen atoms in total. The van der Waals surface area contributed by atoms with Crippen molar-refractivity contribution in [3.63, 3.8) is 0 Å². The maximum absolute atomic E-state index is 6.05. The summed E-state index contributed by atoms with van der Waals surface area (Å²) >= 11 is 0. The van der Waals surface area contributed by atoms with E-state index in [1.54, 1.807) is 0 Å². The molecule has 1 aromatic carbocycles. The topological polar surface area (TPSA) is 47.1 Å². The molecule has 2 N–H and O–H groups in total. The highest BCUT2D eigenvalue weighted by Gasteiger charge is 2.16. The summed E-state index contributed by atoms with van der Waals surface area (Å²) < 4.78 is 1.95. The Morgan fingerprint density at radius 1 is 1.20 bits per heavy atom. The van der Waals surface area contributed by atoms with Gasteiger partial charge in [-0.15, -0.1) is 0 Å². The molecular weight excluding hydrogens is 248 g/mol. The van der Waals surface area contributed by atoms with Crippen LogP contribution in [0, 0.1) is 0 Å². The molecule has 1 atom stereocenters. The van der Waals surface area contributed by atoms with Gasteiger partial charge in [0.25, 0.3) is 0 Å². The number of benzene rings is 1. The molecule has 1 aliphatic rings. The van der Waals surface area contributed by atoms with Crippen molar-refractivity contribution in [1.82, 2.24) is 14.7 Å². The van der Waals surface area contributed by atoms with Crippen LogP contribution in [0.25, 0.3) is 0 Å². The highest BCUT2D eigenvalue weighted by Crippen LogP contribution is 2.14. The van der Waals surface area contributed by atoms with Gasteiger partial charge in [-0.1, -0.05) is 24.3 Å². The fourth-order valence-corrected chi connectivity index (χ4v) is 2.90. The van der Waals surface area contributed by atoms with Crippen LogP contribution in [0.4, 0.5) is 0 Å². The summed E-state index contributed by atoms with van der Waals surface area (Å²) in [4.78, 5) is 2.46. The fraction of sp³-hybridized carbons (Fsp3) is 0.438. The Hall–Kier alpha value is -1.65. The Balaban J connectivity index is 1.65. The molecule has 4 heteroatoms. The van der Waals surface area contributed by atoms with E-state index in [0.717, 1.165) is 32.6 Å². The monoisotopic (exact) mass is 270 g/mol. The molecule has 0 aliphatic carbocycles. The standard InChI is InChI=1S/C16H22N4/c17-16-6-2-8-19(13-16)11-14-4-1-5-15(10-14)12-20-9-3-7-18-20/h1,3-5,7,9-10,16H,2,6,8,11-13,17H2/t16-/m1/s1. The zero-order valence-electron chi connectivity index (χ0n) is 11.8. The molecule has 0 bridgehead atoms. The summed E-state index contributed by atoms with van der Waals surface area (Å²) in [5.74, 6) is 0. The minimum atomic E-state index is 0.344. The van der Waals surface area contributed by atoms with E-state index < -0.39 is 0 Å². The average molecular weight is 270 g/mol. The summed E-state index contributed by atoms with van der Waals surface area (Å²) in [6.07, 6.45) is 6.19. The lowest BCUT2D eigenvalue weighted by Gasteiger charge is -2.30. The Morgan fingerprint density at radius 2 is 2.05 bits per heavy atom. The normalized spacial score (nSPS) is 20.1. The van der Waals surface area contributed by atoms with Gasteiger partial charge in [0, 0.05) is 31.5 Å². The minimum absolute atomic E-state index is 0.344. The van der Waals surface area contributed by atoms with E-state index in [0.29, 0.717) is 6.04 Å². The van der Waals surface area contributed by atoms with E-state index >= 15 is 0 Å². The van der Waals surface area contributed by atoms with Crippen LogP contribution in [0.1, 0.15) is 24.0 Å². The first kappa shape index (κ1) is 13.3. The van der Waals surface area contributed by atoms with E-state index in [1.807, 2.05) is 23.1 Å². The SMILES string of the molecule is N[C@@H]1CCCN(Cc2cccc(Cn3cccn3)c2)C1. The third-order valence-electron chi connectivity index (χ3n) is 3.84. The third kappa shape index (κ3) is 3.46. The van der Waals surface area contributed by atoms with Gasteiger partial charge in [-0.05, 0) is 36.6 Å². The van der Waals surface area contributed by atoms with Gasteiger partial charge in [-0.2, -0.15) is 5.10 Å². The molecule has 3 rings (SSSR count). The maximum atomic E-state index is 6.05. The van der Waals surface area contributed by atoms with Crippen LogP contribution in [0.5, 0.6) is 0 Å². The molecule has 1 aromatic heterocycles. The predicted octanol–water partition coefficient (Wildman–Crippen LogP) is 1.85. The van der Waals surface area contributed by atoms with Crippen LogP contribution in [0.15, 0.2) is 42.7 Å². The zero-order valence-corrected chi connectivity index (χ0v) is 11.8. The van der Waals surface area contributed by atoms with Gasteiger partial charge in [-0.25, -0.2) is 0 Å². The maximum Gasteiger partial charge on any atom is 0.0659 e. The molecule has 0 saturated carbocycles. The van der Waals surface area contributed by atoms with Gasteiger partial charge in [0.05, 0.1) is 6.54 Å². The number of hydrogen-bond acceptors (Lipinski definition) is 3. The molecule has 2 heterocycles. The van der Waals surface area contributed by atoms with Crippen molar-refractivity contribution in [3.8, 4) is 0 Å². The van der Waals surface area contributed by atoms with Crippen molar-refractivity contribution in [2.75, 3.05) is 13.1 Å². The predicted molar refractivity (Wildman–Crippen MR) is 80.3 cm³/mol. The quantitative estimate of drug-likeness (QED) is 0.922. The summed E-state index contributed by atoms with van der Waals surface area (Å²) in [5.41, 5.74) is 8.71. The molecule has 1 saturated heterocycles. The summed E-state index contributed by atoms with van der Waals surface area (Å²) in [6.45, 7) is 4.02. The molecule has 0 unspecified atom stereocenters. The Kier molecular flexibility index (Phi) is 4.14. The molecule has 2 aromatic rings. The van der Waals surface area contributed by atoms with Gasteiger partial charge < -0.3 is 5.73 Å². The molecule has 0 spiro atoms. The molecule has 1 fully saturated rings. The van der Waals surface area contributed by atoms with Crippen LogP contribution >= 0.6 is 0 Å². The molecule has 0 radical (unpaired) electrons. The number of likely N-dealkylation sites (tertiary alicyclic amines) is 1. The first-order valence-electron chi connectivity index (χ1n) is 7.33. The van der Waals surface area contributed by atoms with Crippen molar-refractivity contribution in [2.45, 2.75) is 32.0 Å². The number of aromatic nitrogens is 2. The van der Waals surface area contributed by atoms with E-state index in [9.17, 15) is 0 Å². The summed E-state index contributed by atoms with van der Waals surface area (Å²) in [6, 6.07) is 11.1. The van der Waals surface area contributed by atoms with Gasteiger partial charge in [0.1, 0.15) is 0 Å². The lowest BCUT2D eigenvalue weighted by Crippen LogP contribution is -2.42. The number of nitrogens with zero attached hydrogens (tertiary/aromatic N) is 3. The van der Waals surface area contributed by atoms with Crippen LogP contribution in [0.3, 0.4) is 0 Å². The van der Waals surface area contributed by atoms with Gasteiger partial charge >= 0.3 is 0 Å². The third-order valence-corrected chi connectivity index (χ3v) is 3.84. The summed E-state index contributed by atoms with van der Waals surface area (Å²) in [7, 11) is 0. The second-order valence-electron chi connectivity index (χ2n) is 5.66. The highest BCUT2D eigenvalue weighted by molar-refractivity contribution is 5.23. The van der Waals surface area contributed by atoms with E-state index in [-0.39, 0.29) is 0 Å². The van der Waals surface area contributed by atoms with Crippen molar-refractivity contribution in [3.05, 3.63) is 53.9 Å². The van der Waals surface area contributed by atoms with Crippen molar-refractivity contribution in [1.29, 1.82) is 0 Å². The molecule has 20 heavy (non-hydrogen) atoms. The largest absolute Gasteiger partial charge is 0.327 e. The van der Waals surface area contributed by atoms with E-state index in [2.05, 4.69) is 34.3 Å².